The van der Waals surface area contributed by atoms with Crippen LogP contribution in [0, 0.1) is 5.92 Å². The number of hydrogen-bond donors (Lipinski definition) is 2. The van der Waals surface area contributed by atoms with Gasteiger partial charge in [-0.05, 0) is 50.7 Å². The van der Waals surface area contributed by atoms with Crippen LogP contribution in [-0.2, 0) is 4.79 Å². The first-order chi connectivity index (χ1) is 10.1. The van der Waals surface area contributed by atoms with Gasteiger partial charge in [0.05, 0.1) is 4.88 Å². The zero-order valence-electron chi connectivity index (χ0n) is 13.0. The molecular formula is C15H24ClN3O2S. The largest absolute Gasteiger partial charge is 0.341 e. The Morgan fingerprint density at radius 1 is 1.50 bits per heavy atom. The lowest BCUT2D eigenvalue weighted by molar-refractivity contribution is -0.134. The van der Waals surface area contributed by atoms with Gasteiger partial charge in [-0.1, -0.05) is 6.07 Å². The first kappa shape index (κ1) is 18.9. The molecule has 2 unspecified atom stereocenters. The van der Waals surface area contributed by atoms with Crippen molar-refractivity contribution in [1.82, 2.24) is 15.5 Å². The van der Waals surface area contributed by atoms with E-state index in [0.717, 1.165) is 32.5 Å². The summed E-state index contributed by atoms with van der Waals surface area (Å²) in [4.78, 5) is 27.0. The molecular weight excluding hydrogens is 322 g/mol. The molecule has 0 aromatic carbocycles. The van der Waals surface area contributed by atoms with E-state index in [1.165, 1.54) is 11.3 Å². The monoisotopic (exact) mass is 345 g/mol. The second kappa shape index (κ2) is 9.12. The third-order valence-corrected chi connectivity index (χ3v) is 4.66. The highest BCUT2D eigenvalue weighted by molar-refractivity contribution is 7.12. The van der Waals surface area contributed by atoms with Crippen molar-refractivity contribution >= 4 is 35.6 Å². The smallest absolute Gasteiger partial charge is 0.261 e. The molecule has 1 aromatic rings. The maximum absolute atomic E-state index is 12.4. The van der Waals surface area contributed by atoms with E-state index in [-0.39, 0.29) is 24.2 Å². The van der Waals surface area contributed by atoms with Gasteiger partial charge in [-0.25, -0.2) is 0 Å². The number of likely N-dealkylation sites (tertiary alicyclic amines) is 1. The van der Waals surface area contributed by atoms with Crippen molar-refractivity contribution < 1.29 is 9.59 Å². The van der Waals surface area contributed by atoms with Crippen molar-refractivity contribution in [1.29, 1.82) is 0 Å². The van der Waals surface area contributed by atoms with Crippen LogP contribution in [-0.4, -0.2) is 49.4 Å². The molecule has 1 aliphatic rings. The number of rotatable bonds is 5. The summed E-state index contributed by atoms with van der Waals surface area (Å²) in [5.74, 6) is 0.350. The Kier molecular flexibility index (Phi) is 7.85. The summed E-state index contributed by atoms with van der Waals surface area (Å²) in [6, 6.07) is 3.12. The molecule has 0 aliphatic carbocycles. The van der Waals surface area contributed by atoms with E-state index in [9.17, 15) is 9.59 Å². The Morgan fingerprint density at radius 3 is 2.91 bits per heavy atom. The second-order valence-corrected chi connectivity index (χ2v) is 6.47. The molecule has 5 nitrogen and oxygen atoms in total. The lowest BCUT2D eigenvalue weighted by atomic mass is 9.97. The van der Waals surface area contributed by atoms with Crippen LogP contribution in [0.25, 0.3) is 0 Å². The van der Waals surface area contributed by atoms with Crippen molar-refractivity contribution in [2.24, 2.45) is 5.92 Å². The molecule has 0 saturated carbocycles. The zero-order valence-corrected chi connectivity index (χ0v) is 14.6. The van der Waals surface area contributed by atoms with Gasteiger partial charge < -0.3 is 15.5 Å². The molecule has 0 spiro atoms. The van der Waals surface area contributed by atoms with Crippen LogP contribution in [0.1, 0.15) is 29.4 Å². The number of amides is 2. The predicted molar refractivity (Wildman–Crippen MR) is 91.7 cm³/mol. The molecule has 22 heavy (non-hydrogen) atoms. The highest BCUT2D eigenvalue weighted by atomic mass is 35.5. The number of hydrogen-bond acceptors (Lipinski definition) is 4. The van der Waals surface area contributed by atoms with E-state index >= 15 is 0 Å². The summed E-state index contributed by atoms with van der Waals surface area (Å²) in [7, 11) is 1.94. The van der Waals surface area contributed by atoms with Gasteiger partial charge in [0.2, 0.25) is 5.91 Å². The Morgan fingerprint density at radius 2 is 2.27 bits per heavy atom. The standard InChI is InChI=1S/C15H23N3O2S.ClH/c1-11(17-14(19)13-6-4-8-21-13)15(20)18-7-3-5-12(10-18)9-16-2;/h4,6,8,11-12,16H,3,5,7,9-10H2,1-2H3,(H,17,19);1H. The first-order valence-corrected chi connectivity index (χ1v) is 8.27. The van der Waals surface area contributed by atoms with E-state index in [1.807, 2.05) is 23.4 Å². The Bertz CT molecular complexity index is 479. The number of carbonyl (C=O) groups excluding carboxylic acids is 2. The van der Waals surface area contributed by atoms with E-state index in [2.05, 4.69) is 10.6 Å². The summed E-state index contributed by atoms with van der Waals surface area (Å²) in [6.07, 6.45) is 2.18. The summed E-state index contributed by atoms with van der Waals surface area (Å²) in [6.45, 7) is 4.26. The van der Waals surface area contributed by atoms with Crippen molar-refractivity contribution in [3.63, 3.8) is 0 Å². The van der Waals surface area contributed by atoms with Gasteiger partial charge in [-0.15, -0.1) is 23.7 Å². The van der Waals surface area contributed by atoms with E-state index in [4.69, 9.17) is 0 Å². The third kappa shape index (κ3) is 4.97. The molecule has 124 valence electrons. The van der Waals surface area contributed by atoms with E-state index in [1.54, 1.807) is 13.0 Å². The zero-order chi connectivity index (χ0) is 15.2. The summed E-state index contributed by atoms with van der Waals surface area (Å²) in [5.41, 5.74) is 0. The molecule has 1 aliphatic heterocycles. The van der Waals surface area contributed by atoms with Crippen molar-refractivity contribution in [2.75, 3.05) is 26.7 Å². The van der Waals surface area contributed by atoms with E-state index in [0.29, 0.717) is 10.8 Å². The first-order valence-electron chi connectivity index (χ1n) is 7.39. The number of nitrogens with one attached hydrogen (secondary N) is 2. The van der Waals surface area contributed by atoms with Crippen LogP contribution in [0.2, 0.25) is 0 Å². The average Bonchev–Trinajstić information content (AvgIpc) is 3.01. The molecule has 2 rings (SSSR count). The average molecular weight is 346 g/mol. The molecule has 0 bridgehead atoms. The van der Waals surface area contributed by atoms with Gasteiger partial charge in [-0.2, -0.15) is 0 Å². The quantitative estimate of drug-likeness (QED) is 0.854. The molecule has 1 fully saturated rings. The number of piperidine rings is 1. The molecule has 2 heterocycles. The lowest BCUT2D eigenvalue weighted by Gasteiger charge is -2.34. The number of carbonyl (C=O) groups is 2. The molecule has 0 radical (unpaired) electrons. The number of nitrogens with zero attached hydrogens (tertiary/aromatic N) is 1. The highest BCUT2D eigenvalue weighted by Crippen LogP contribution is 2.16. The van der Waals surface area contributed by atoms with Crippen LogP contribution in [0.5, 0.6) is 0 Å². The SMILES string of the molecule is CNCC1CCCN(C(=O)C(C)NC(=O)c2cccs2)C1.Cl. The van der Waals surface area contributed by atoms with Gasteiger partial charge in [0.1, 0.15) is 6.04 Å². The molecule has 2 amide bonds. The molecule has 2 N–H and O–H groups in total. The van der Waals surface area contributed by atoms with Crippen molar-refractivity contribution in [2.45, 2.75) is 25.8 Å². The van der Waals surface area contributed by atoms with Crippen LogP contribution in [0.3, 0.4) is 0 Å². The predicted octanol–water partition coefficient (Wildman–Crippen LogP) is 1.75. The summed E-state index contributed by atoms with van der Waals surface area (Å²) < 4.78 is 0. The fourth-order valence-electron chi connectivity index (χ4n) is 2.73. The van der Waals surface area contributed by atoms with Crippen molar-refractivity contribution in [3.8, 4) is 0 Å². The molecule has 7 heteroatoms. The summed E-state index contributed by atoms with van der Waals surface area (Å²) in [5, 5.41) is 7.82. The van der Waals surface area contributed by atoms with Gasteiger partial charge in [0, 0.05) is 13.1 Å². The third-order valence-electron chi connectivity index (χ3n) is 3.79. The van der Waals surface area contributed by atoms with Crippen molar-refractivity contribution in [3.05, 3.63) is 22.4 Å². The van der Waals surface area contributed by atoms with Gasteiger partial charge in [0.15, 0.2) is 0 Å². The number of thiophene rings is 1. The van der Waals surface area contributed by atoms with Gasteiger partial charge >= 0.3 is 0 Å². The molecule has 2 atom stereocenters. The normalized spacial score (nSPS) is 19.2. The van der Waals surface area contributed by atoms with E-state index < -0.39 is 6.04 Å². The van der Waals surface area contributed by atoms with Crippen LogP contribution in [0.15, 0.2) is 17.5 Å². The lowest BCUT2D eigenvalue weighted by Crippen LogP contribution is -2.50. The minimum atomic E-state index is -0.479. The summed E-state index contributed by atoms with van der Waals surface area (Å²) >= 11 is 1.38. The Balaban J connectivity index is 0.00000242. The molecule has 1 aromatic heterocycles. The fraction of sp³-hybridized carbons (Fsp3) is 0.600. The minimum Gasteiger partial charge on any atom is -0.341 e. The topological polar surface area (TPSA) is 61.4 Å². The van der Waals surface area contributed by atoms with Gasteiger partial charge in [-0.3, -0.25) is 9.59 Å². The fourth-order valence-corrected chi connectivity index (χ4v) is 3.36. The van der Waals surface area contributed by atoms with Crippen LogP contribution < -0.4 is 10.6 Å². The second-order valence-electron chi connectivity index (χ2n) is 5.52. The van der Waals surface area contributed by atoms with Crippen LogP contribution in [0.4, 0.5) is 0 Å². The Labute approximate surface area is 141 Å². The maximum atomic E-state index is 12.4. The van der Waals surface area contributed by atoms with Crippen LogP contribution >= 0.6 is 23.7 Å². The number of halogens is 1. The highest BCUT2D eigenvalue weighted by Gasteiger charge is 2.27. The Hall–Kier alpha value is -1.11. The maximum Gasteiger partial charge on any atom is 0.261 e. The molecule has 1 saturated heterocycles. The van der Waals surface area contributed by atoms with Gasteiger partial charge in [0.25, 0.3) is 5.91 Å². The minimum absolute atomic E-state index is 0.